The lowest BCUT2D eigenvalue weighted by molar-refractivity contribution is -0.131. The molecule has 1 aliphatic heterocycles. The Kier molecular flexibility index (Phi) is 4.09. The zero-order valence-electron chi connectivity index (χ0n) is 14.0. The number of benzene rings is 1. The lowest BCUT2D eigenvalue weighted by atomic mass is 9.91. The van der Waals surface area contributed by atoms with Gasteiger partial charge in [0.25, 0.3) is 5.91 Å². The summed E-state index contributed by atoms with van der Waals surface area (Å²) in [6.07, 6.45) is 2.05. The molecule has 7 heteroatoms. The van der Waals surface area contributed by atoms with Gasteiger partial charge in [-0.2, -0.15) is 0 Å². The number of amides is 3. The summed E-state index contributed by atoms with van der Waals surface area (Å²) in [5.41, 5.74) is 0.876. The standard InChI is InChI=1S/C17H20N4O3/c1-4-5-12-6-8-13(9-7-12)17(3)15(22)21(16(23)18-17)10-14-20-19-11(2)24-14/h6-9H,4-5,10H2,1-3H3,(H,18,23). The second-order valence-electron chi connectivity index (χ2n) is 6.11. The maximum absolute atomic E-state index is 12.8. The van der Waals surface area contributed by atoms with E-state index in [9.17, 15) is 9.59 Å². The Hall–Kier alpha value is -2.70. The quantitative estimate of drug-likeness (QED) is 0.851. The predicted molar refractivity (Wildman–Crippen MR) is 85.9 cm³/mol. The molecule has 0 saturated carbocycles. The number of carbonyl (C=O) groups excluding carboxylic acids is 2. The van der Waals surface area contributed by atoms with Crippen molar-refractivity contribution in [1.82, 2.24) is 20.4 Å². The van der Waals surface area contributed by atoms with E-state index in [-0.39, 0.29) is 18.3 Å². The number of hydrogen-bond acceptors (Lipinski definition) is 5. The van der Waals surface area contributed by atoms with Gasteiger partial charge in [-0.25, -0.2) is 4.79 Å². The lowest BCUT2D eigenvalue weighted by Gasteiger charge is -2.22. The molecule has 1 aliphatic rings. The smallest absolute Gasteiger partial charge is 0.325 e. The SMILES string of the molecule is CCCc1ccc(C2(C)NC(=O)N(Cc3nnc(C)o3)C2=O)cc1. The van der Waals surface area contributed by atoms with Crippen LogP contribution in [-0.4, -0.2) is 27.0 Å². The highest BCUT2D eigenvalue weighted by Gasteiger charge is 2.49. The maximum atomic E-state index is 12.8. The van der Waals surface area contributed by atoms with Crippen molar-refractivity contribution in [1.29, 1.82) is 0 Å². The molecule has 0 spiro atoms. The van der Waals surface area contributed by atoms with Gasteiger partial charge in [-0.05, 0) is 24.5 Å². The second-order valence-corrected chi connectivity index (χ2v) is 6.11. The van der Waals surface area contributed by atoms with E-state index in [4.69, 9.17) is 4.42 Å². The van der Waals surface area contributed by atoms with Crippen LogP contribution >= 0.6 is 0 Å². The van der Waals surface area contributed by atoms with Crippen molar-refractivity contribution in [2.75, 3.05) is 0 Å². The molecule has 1 saturated heterocycles. The Morgan fingerprint density at radius 2 is 1.92 bits per heavy atom. The molecular formula is C17H20N4O3. The minimum atomic E-state index is -1.09. The van der Waals surface area contributed by atoms with Crippen molar-refractivity contribution in [3.8, 4) is 0 Å². The van der Waals surface area contributed by atoms with Gasteiger partial charge in [-0.1, -0.05) is 37.6 Å². The Morgan fingerprint density at radius 3 is 2.50 bits per heavy atom. The molecule has 1 unspecified atom stereocenters. The van der Waals surface area contributed by atoms with Gasteiger partial charge in [-0.15, -0.1) is 10.2 Å². The van der Waals surface area contributed by atoms with Gasteiger partial charge in [0.2, 0.25) is 11.8 Å². The Balaban J connectivity index is 1.83. The molecule has 1 fully saturated rings. The zero-order chi connectivity index (χ0) is 17.3. The number of hydrogen-bond donors (Lipinski definition) is 1. The molecule has 1 aromatic carbocycles. The number of nitrogens with one attached hydrogen (secondary N) is 1. The Labute approximate surface area is 140 Å². The van der Waals surface area contributed by atoms with Gasteiger partial charge in [-0.3, -0.25) is 9.69 Å². The summed E-state index contributed by atoms with van der Waals surface area (Å²) >= 11 is 0. The Morgan fingerprint density at radius 1 is 1.21 bits per heavy atom. The molecule has 24 heavy (non-hydrogen) atoms. The highest BCUT2D eigenvalue weighted by atomic mass is 16.4. The first-order valence-corrected chi connectivity index (χ1v) is 7.96. The second kappa shape index (κ2) is 6.07. The highest BCUT2D eigenvalue weighted by molar-refractivity contribution is 6.07. The van der Waals surface area contributed by atoms with E-state index in [0.717, 1.165) is 23.3 Å². The first-order valence-electron chi connectivity index (χ1n) is 7.96. The van der Waals surface area contributed by atoms with Crippen LogP contribution in [0, 0.1) is 6.92 Å². The number of aromatic nitrogens is 2. The van der Waals surface area contributed by atoms with E-state index in [1.54, 1.807) is 13.8 Å². The van der Waals surface area contributed by atoms with Gasteiger partial charge in [0, 0.05) is 6.92 Å². The van der Waals surface area contributed by atoms with Crippen LogP contribution in [0.1, 0.15) is 43.2 Å². The van der Waals surface area contributed by atoms with E-state index in [1.807, 2.05) is 24.3 Å². The van der Waals surface area contributed by atoms with Crippen molar-refractivity contribution in [3.63, 3.8) is 0 Å². The monoisotopic (exact) mass is 328 g/mol. The molecule has 1 atom stereocenters. The van der Waals surface area contributed by atoms with Crippen molar-refractivity contribution < 1.29 is 14.0 Å². The number of imide groups is 1. The molecule has 7 nitrogen and oxygen atoms in total. The van der Waals surface area contributed by atoms with Crippen LogP contribution in [0.5, 0.6) is 0 Å². The molecular weight excluding hydrogens is 308 g/mol. The summed E-state index contributed by atoms with van der Waals surface area (Å²) in [7, 11) is 0. The summed E-state index contributed by atoms with van der Waals surface area (Å²) in [5, 5.41) is 10.3. The number of rotatable bonds is 5. The fourth-order valence-corrected chi connectivity index (χ4v) is 2.87. The van der Waals surface area contributed by atoms with E-state index in [1.165, 1.54) is 5.56 Å². The molecule has 0 radical (unpaired) electrons. The van der Waals surface area contributed by atoms with E-state index in [0.29, 0.717) is 5.89 Å². The van der Waals surface area contributed by atoms with Crippen molar-refractivity contribution in [2.45, 2.75) is 45.7 Å². The minimum Gasteiger partial charge on any atom is -0.424 e. The fourth-order valence-electron chi connectivity index (χ4n) is 2.87. The third-order valence-corrected chi connectivity index (χ3v) is 4.21. The first-order chi connectivity index (χ1) is 11.4. The molecule has 3 rings (SSSR count). The van der Waals surface area contributed by atoms with Crippen LogP contribution in [0.2, 0.25) is 0 Å². The average Bonchev–Trinajstić information content (AvgIpc) is 3.06. The largest absolute Gasteiger partial charge is 0.424 e. The zero-order valence-corrected chi connectivity index (χ0v) is 14.0. The summed E-state index contributed by atoms with van der Waals surface area (Å²) in [5.74, 6) is 0.302. The topological polar surface area (TPSA) is 88.3 Å². The number of aryl methyl sites for hydroxylation is 2. The van der Waals surface area contributed by atoms with E-state index in [2.05, 4.69) is 22.4 Å². The van der Waals surface area contributed by atoms with Gasteiger partial charge in [0.15, 0.2) is 0 Å². The third-order valence-electron chi connectivity index (χ3n) is 4.21. The average molecular weight is 328 g/mol. The summed E-state index contributed by atoms with van der Waals surface area (Å²) in [4.78, 5) is 26.2. The molecule has 1 N–H and O–H groups in total. The van der Waals surface area contributed by atoms with Crippen LogP contribution in [0.4, 0.5) is 4.79 Å². The maximum Gasteiger partial charge on any atom is 0.325 e. The summed E-state index contributed by atoms with van der Waals surface area (Å²) in [6.45, 7) is 5.45. The third kappa shape index (κ3) is 2.77. The number of carbonyl (C=O) groups is 2. The first kappa shape index (κ1) is 16.2. The van der Waals surface area contributed by atoms with Gasteiger partial charge >= 0.3 is 6.03 Å². The molecule has 1 aromatic heterocycles. The summed E-state index contributed by atoms with van der Waals surface area (Å²) < 4.78 is 5.26. The van der Waals surface area contributed by atoms with Gasteiger partial charge < -0.3 is 9.73 Å². The number of nitrogens with zero attached hydrogens (tertiary/aromatic N) is 3. The molecule has 2 heterocycles. The highest BCUT2D eigenvalue weighted by Crippen LogP contribution is 2.30. The van der Waals surface area contributed by atoms with Crippen LogP contribution in [0.25, 0.3) is 0 Å². The van der Waals surface area contributed by atoms with Gasteiger partial charge in [0.05, 0.1) is 0 Å². The minimum absolute atomic E-state index is 0.0327. The molecule has 3 amide bonds. The summed E-state index contributed by atoms with van der Waals surface area (Å²) in [6, 6.07) is 7.31. The van der Waals surface area contributed by atoms with Crippen molar-refractivity contribution in [3.05, 3.63) is 47.2 Å². The van der Waals surface area contributed by atoms with Crippen molar-refractivity contribution in [2.24, 2.45) is 0 Å². The predicted octanol–water partition coefficient (Wildman–Crippen LogP) is 2.30. The van der Waals surface area contributed by atoms with E-state index < -0.39 is 11.6 Å². The van der Waals surface area contributed by atoms with Crippen LogP contribution in [0.15, 0.2) is 28.7 Å². The van der Waals surface area contributed by atoms with Crippen LogP contribution in [-0.2, 0) is 23.3 Å². The molecule has 2 aromatic rings. The van der Waals surface area contributed by atoms with Crippen LogP contribution < -0.4 is 5.32 Å². The Bertz CT molecular complexity index is 768. The van der Waals surface area contributed by atoms with Crippen molar-refractivity contribution >= 4 is 11.9 Å². The van der Waals surface area contributed by atoms with Crippen LogP contribution in [0.3, 0.4) is 0 Å². The lowest BCUT2D eigenvalue weighted by Crippen LogP contribution is -2.40. The molecule has 0 bridgehead atoms. The normalized spacial score (nSPS) is 20.5. The molecule has 126 valence electrons. The molecule has 0 aliphatic carbocycles. The van der Waals surface area contributed by atoms with Gasteiger partial charge in [0.1, 0.15) is 12.1 Å². The number of urea groups is 1. The fraction of sp³-hybridized carbons (Fsp3) is 0.412. The van der Waals surface area contributed by atoms with E-state index >= 15 is 0 Å².